The molecule has 0 amide bonds. The lowest BCUT2D eigenvalue weighted by Crippen LogP contribution is -2.51. The summed E-state index contributed by atoms with van der Waals surface area (Å²) in [5, 5.41) is 7.72. The van der Waals surface area contributed by atoms with Gasteiger partial charge in [-0.05, 0) is 12.1 Å². The van der Waals surface area contributed by atoms with Crippen LogP contribution in [0.3, 0.4) is 0 Å². The molecule has 0 radical (unpaired) electrons. The SMILES string of the molecule is c1ccc2c(NC3CNC3)ncnc2c1. The molecule has 1 aliphatic rings. The summed E-state index contributed by atoms with van der Waals surface area (Å²) in [6.45, 7) is 2.02. The van der Waals surface area contributed by atoms with Crippen LogP contribution in [0.15, 0.2) is 30.6 Å². The van der Waals surface area contributed by atoms with Crippen LogP contribution in [0.4, 0.5) is 5.82 Å². The summed E-state index contributed by atoms with van der Waals surface area (Å²) in [5.41, 5.74) is 0.988. The number of rotatable bonds is 2. The fraction of sp³-hybridized carbons (Fsp3) is 0.273. The van der Waals surface area contributed by atoms with Gasteiger partial charge < -0.3 is 10.6 Å². The highest BCUT2D eigenvalue weighted by molar-refractivity contribution is 5.88. The first-order valence-corrected chi connectivity index (χ1v) is 5.10. The monoisotopic (exact) mass is 200 g/mol. The van der Waals surface area contributed by atoms with Gasteiger partial charge in [0.1, 0.15) is 12.1 Å². The largest absolute Gasteiger partial charge is 0.364 e. The molecule has 0 bridgehead atoms. The van der Waals surface area contributed by atoms with E-state index in [-0.39, 0.29) is 0 Å². The number of aromatic nitrogens is 2. The van der Waals surface area contributed by atoms with Gasteiger partial charge in [-0.15, -0.1) is 0 Å². The number of hydrogen-bond acceptors (Lipinski definition) is 4. The summed E-state index contributed by atoms with van der Waals surface area (Å²) < 4.78 is 0. The van der Waals surface area contributed by atoms with Gasteiger partial charge in [-0.3, -0.25) is 0 Å². The maximum atomic E-state index is 4.28. The molecule has 1 aromatic carbocycles. The van der Waals surface area contributed by atoms with Gasteiger partial charge in [0.25, 0.3) is 0 Å². The standard InChI is InChI=1S/C11H12N4/c1-2-4-10-9(3-1)11(14-7-13-10)15-8-5-12-6-8/h1-4,7-8,12H,5-6H2,(H,13,14,15). The molecule has 76 valence electrons. The highest BCUT2D eigenvalue weighted by Gasteiger charge is 2.17. The number of nitrogens with one attached hydrogen (secondary N) is 2. The first kappa shape index (κ1) is 8.61. The molecule has 0 saturated carbocycles. The van der Waals surface area contributed by atoms with Gasteiger partial charge in [0.15, 0.2) is 0 Å². The Balaban J connectivity index is 2.01. The van der Waals surface area contributed by atoms with E-state index in [9.17, 15) is 0 Å². The molecule has 0 spiro atoms. The van der Waals surface area contributed by atoms with E-state index in [2.05, 4.69) is 20.6 Å². The number of anilines is 1. The zero-order valence-corrected chi connectivity index (χ0v) is 8.27. The minimum atomic E-state index is 0.503. The molecule has 1 fully saturated rings. The Labute approximate surface area is 87.7 Å². The predicted octanol–water partition coefficient (Wildman–Crippen LogP) is 1.01. The van der Waals surface area contributed by atoms with Gasteiger partial charge in [-0.1, -0.05) is 12.1 Å². The van der Waals surface area contributed by atoms with Crippen LogP contribution in [0.25, 0.3) is 10.9 Å². The summed E-state index contributed by atoms with van der Waals surface area (Å²) in [6.07, 6.45) is 1.61. The summed E-state index contributed by atoms with van der Waals surface area (Å²) in [7, 11) is 0. The number of hydrogen-bond donors (Lipinski definition) is 2. The van der Waals surface area contributed by atoms with Crippen molar-refractivity contribution in [3.05, 3.63) is 30.6 Å². The lowest BCUT2D eigenvalue weighted by Gasteiger charge is -2.28. The Kier molecular flexibility index (Phi) is 1.99. The Morgan fingerprint density at radius 3 is 2.87 bits per heavy atom. The molecule has 0 atom stereocenters. The second-order valence-corrected chi connectivity index (χ2v) is 3.74. The highest BCUT2D eigenvalue weighted by Crippen LogP contribution is 2.19. The van der Waals surface area contributed by atoms with Crippen molar-refractivity contribution in [2.75, 3.05) is 18.4 Å². The molecule has 2 N–H and O–H groups in total. The summed E-state index contributed by atoms with van der Waals surface area (Å²) in [5.74, 6) is 0.937. The molecular formula is C11H12N4. The van der Waals surface area contributed by atoms with Crippen molar-refractivity contribution in [1.82, 2.24) is 15.3 Å². The third kappa shape index (κ3) is 1.53. The van der Waals surface area contributed by atoms with Crippen LogP contribution in [0, 0.1) is 0 Å². The van der Waals surface area contributed by atoms with Crippen molar-refractivity contribution in [2.45, 2.75) is 6.04 Å². The van der Waals surface area contributed by atoms with Crippen molar-refractivity contribution in [3.8, 4) is 0 Å². The van der Waals surface area contributed by atoms with Crippen LogP contribution in [0.5, 0.6) is 0 Å². The van der Waals surface area contributed by atoms with E-state index in [4.69, 9.17) is 0 Å². The Hall–Kier alpha value is -1.68. The summed E-state index contributed by atoms with van der Waals surface area (Å²) in [4.78, 5) is 8.50. The molecule has 2 aromatic rings. The molecule has 4 heteroatoms. The molecule has 3 rings (SSSR count). The molecule has 0 aliphatic carbocycles. The van der Waals surface area contributed by atoms with Crippen LogP contribution < -0.4 is 10.6 Å². The maximum Gasteiger partial charge on any atom is 0.137 e. The lowest BCUT2D eigenvalue weighted by molar-refractivity contribution is 0.471. The van der Waals surface area contributed by atoms with Gasteiger partial charge in [0, 0.05) is 18.5 Å². The van der Waals surface area contributed by atoms with Gasteiger partial charge in [-0.25, -0.2) is 9.97 Å². The van der Waals surface area contributed by atoms with Crippen LogP contribution in [-0.4, -0.2) is 29.1 Å². The predicted molar refractivity (Wildman–Crippen MR) is 59.8 cm³/mol. The quantitative estimate of drug-likeness (QED) is 0.759. The zero-order chi connectivity index (χ0) is 10.1. The second kappa shape index (κ2) is 3.47. The van der Waals surface area contributed by atoms with Crippen molar-refractivity contribution < 1.29 is 0 Å². The Bertz CT molecular complexity index is 473. The molecule has 1 saturated heterocycles. The maximum absolute atomic E-state index is 4.28. The molecule has 1 aromatic heterocycles. The Morgan fingerprint density at radius 1 is 1.20 bits per heavy atom. The number of para-hydroxylation sites is 1. The van der Waals surface area contributed by atoms with E-state index in [0.29, 0.717) is 6.04 Å². The lowest BCUT2D eigenvalue weighted by atomic mass is 10.1. The van der Waals surface area contributed by atoms with Crippen LogP contribution in [-0.2, 0) is 0 Å². The summed E-state index contributed by atoms with van der Waals surface area (Å²) in [6, 6.07) is 8.55. The average molecular weight is 200 g/mol. The van der Waals surface area contributed by atoms with Crippen molar-refractivity contribution in [3.63, 3.8) is 0 Å². The van der Waals surface area contributed by atoms with Gasteiger partial charge in [-0.2, -0.15) is 0 Å². The first-order valence-electron chi connectivity index (χ1n) is 5.10. The van der Waals surface area contributed by atoms with E-state index in [1.165, 1.54) is 0 Å². The number of fused-ring (bicyclic) bond motifs is 1. The smallest absolute Gasteiger partial charge is 0.137 e. The first-order chi connectivity index (χ1) is 7.43. The molecular weight excluding hydrogens is 188 g/mol. The van der Waals surface area contributed by atoms with E-state index in [1.54, 1.807) is 6.33 Å². The van der Waals surface area contributed by atoms with Crippen molar-refractivity contribution in [2.24, 2.45) is 0 Å². The van der Waals surface area contributed by atoms with Crippen LogP contribution >= 0.6 is 0 Å². The topological polar surface area (TPSA) is 49.8 Å². The van der Waals surface area contributed by atoms with Gasteiger partial charge in [0.2, 0.25) is 0 Å². The van der Waals surface area contributed by atoms with Crippen LogP contribution in [0.1, 0.15) is 0 Å². The summed E-state index contributed by atoms with van der Waals surface area (Å²) >= 11 is 0. The minimum Gasteiger partial charge on any atom is -0.364 e. The van der Waals surface area contributed by atoms with E-state index in [0.717, 1.165) is 29.8 Å². The van der Waals surface area contributed by atoms with Crippen molar-refractivity contribution >= 4 is 16.7 Å². The molecule has 1 aliphatic heterocycles. The normalized spacial score (nSPS) is 16.3. The highest BCUT2D eigenvalue weighted by atomic mass is 15.1. The minimum absolute atomic E-state index is 0.503. The second-order valence-electron chi connectivity index (χ2n) is 3.74. The average Bonchev–Trinajstić information content (AvgIpc) is 2.23. The van der Waals surface area contributed by atoms with E-state index in [1.807, 2.05) is 24.3 Å². The zero-order valence-electron chi connectivity index (χ0n) is 8.27. The van der Waals surface area contributed by atoms with Crippen molar-refractivity contribution in [1.29, 1.82) is 0 Å². The number of benzene rings is 1. The Morgan fingerprint density at radius 2 is 2.07 bits per heavy atom. The van der Waals surface area contributed by atoms with E-state index >= 15 is 0 Å². The molecule has 0 unspecified atom stereocenters. The number of nitrogens with zero attached hydrogens (tertiary/aromatic N) is 2. The third-order valence-electron chi connectivity index (χ3n) is 2.67. The van der Waals surface area contributed by atoms with Gasteiger partial charge in [0.05, 0.1) is 11.6 Å². The fourth-order valence-corrected chi connectivity index (χ4v) is 1.70. The fourth-order valence-electron chi connectivity index (χ4n) is 1.70. The van der Waals surface area contributed by atoms with Crippen LogP contribution in [0.2, 0.25) is 0 Å². The molecule has 4 nitrogen and oxygen atoms in total. The molecule has 2 heterocycles. The van der Waals surface area contributed by atoms with E-state index < -0.39 is 0 Å². The molecule has 15 heavy (non-hydrogen) atoms. The third-order valence-corrected chi connectivity index (χ3v) is 2.67. The van der Waals surface area contributed by atoms with Gasteiger partial charge >= 0.3 is 0 Å².